The fraction of sp³-hybridized carbons (Fsp3) is 0.667. The van der Waals surface area contributed by atoms with Gasteiger partial charge in [0.1, 0.15) is 0 Å². The van der Waals surface area contributed by atoms with Crippen LogP contribution in [0, 0.1) is 17.7 Å². The van der Waals surface area contributed by atoms with Gasteiger partial charge in [0.2, 0.25) is 0 Å². The van der Waals surface area contributed by atoms with Crippen molar-refractivity contribution in [2.45, 2.75) is 52.0 Å². The molecule has 3 heteroatoms. The van der Waals surface area contributed by atoms with E-state index in [4.69, 9.17) is 4.74 Å². The van der Waals surface area contributed by atoms with Gasteiger partial charge in [-0.25, -0.2) is 4.39 Å². The molecule has 118 valence electrons. The third kappa shape index (κ3) is 4.19. The Hall–Kier alpha value is -1.09. The molecule has 1 aromatic rings. The fourth-order valence-corrected chi connectivity index (χ4v) is 3.46. The van der Waals surface area contributed by atoms with E-state index >= 15 is 0 Å². The molecule has 1 N–H and O–H groups in total. The topological polar surface area (TPSA) is 21.3 Å². The van der Waals surface area contributed by atoms with Gasteiger partial charge < -0.3 is 10.1 Å². The zero-order chi connectivity index (χ0) is 15.2. The normalized spacial score (nSPS) is 23.8. The second kappa shape index (κ2) is 7.79. The van der Waals surface area contributed by atoms with Gasteiger partial charge in [0.05, 0.1) is 7.11 Å². The summed E-state index contributed by atoms with van der Waals surface area (Å²) in [6.45, 7) is 5.39. The highest BCUT2D eigenvalue weighted by atomic mass is 19.1. The van der Waals surface area contributed by atoms with Crippen LogP contribution in [0.15, 0.2) is 18.2 Å². The van der Waals surface area contributed by atoms with Gasteiger partial charge in [-0.15, -0.1) is 0 Å². The van der Waals surface area contributed by atoms with Crippen molar-refractivity contribution in [3.8, 4) is 5.75 Å². The van der Waals surface area contributed by atoms with E-state index in [1.807, 2.05) is 12.1 Å². The van der Waals surface area contributed by atoms with Gasteiger partial charge in [0.15, 0.2) is 11.6 Å². The van der Waals surface area contributed by atoms with E-state index in [1.165, 1.54) is 32.8 Å². The summed E-state index contributed by atoms with van der Waals surface area (Å²) in [6.07, 6.45) is 5.85. The number of ether oxygens (including phenoxy) is 1. The van der Waals surface area contributed by atoms with Crippen LogP contribution >= 0.6 is 0 Å². The number of hydrogen-bond acceptors (Lipinski definition) is 2. The third-order valence-electron chi connectivity index (χ3n) is 4.80. The minimum absolute atomic E-state index is 0.202. The number of likely N-dealkylation sites (N-methyl/N-ethyl adjacent to an activating group) is 1. The summed E-state index contributed by atoms with van der Waals surface area (Å²) in [5.74, 6) is 1.65. The average Bonchev–Trinajstić information content (AvgIpc) is 2.49. The van der Waals surface area contributed by atoms with Crippen LogP contribution in [-0.2, 0) is 6.42 Å². The maximum atomic E-state index is 14.4. The molecule has 0 radical (unpaired) electrons. The smallest absolute Gasteiger partial charge is 0.168 e. The zero-order valence-electron chi connectivity index (χ0n) is 13.5. The lowest BCUT2D eigenvalue weighted by molar-refractivity contribution is 0.229. The number of rotatable bonds is 6. The second-order valence-corrected chi connectivity index (χ2v) is 6.32. The maximum absolute atomic E-state index is 14.4. The van der Waals surface area contributed by atoms with E-state index in [9.17, 15) is 4.39 Å². The molecule has 0 spiro atoms. The Bertz CT molecular complexity index is 441. The molecule has 2 rings (SSSR count). The molecule has 0 heterocycles. The maximum Gasteiger partial charge on any atom is 0.168 e. The van der Waals surface area contributed by atoms with Gasteiger partial charge in [-0.05, 0) is 49.3 Å². The van der Waals surface area contributed by atoms with Gasteiger partial charge in [-0.3, -0.25) is 0 Å². The summed E-state index contributed by atoms with van der Waals surface area (Å²) in [5.41, 5.74) is 0.763. The predicted octanol–water partition coefficient (Wildman–Crippen LogP) is 4.18. The van der Waals surface area contributed by atoms with Gasteiger partial charge in [0.25, 0.3) is 0 Å². The summed E-state index contributed by atoms with van der Waals surface area (Å²) in [6, 6.07) is 5.81. The van der Waals surface area contributed by atoms with Crippen molar-refractivity contribution in [1.29, 1.82) is 0 Å². The lowest BCUT2D eigenvalue weighted by Crippen LogP contribution is -2.39. The molecule has 1 aromatic carbocycles. The quantitative estimate of drug-likeness (QED) is 0.849. The first-order valence-corrected chi connectivity index (χ1v) is 8.20. The van der Waals surface area contributed by atoms with Crippen molar-refractivity contribution in [3.05, 3.63) is 29.6 Å². The van der Waals surface area contributed by atoms with Gasteiger partial charge >= 0.3 is 0 Å². The van der Waals surface area contributed by atoms with Crippen LogP contribution in [0.2, 0.25) is 0 Å². The Morgan fingerprint density at radius 3 is 2.62 bits per heavy atom. The molecule has 0 saturated heterocycles. The summed E-state index contributed by atoms with van der Waals surface area (Å²) < 4.78 is 19.4. The Kier molecular flexibility index (Phi) is 6.04. The molecule has 1 fully saturated rings. The standard InChI is InChI=1S/C18H28FNO/c1-4-20-16(14-10-8-13(2)9-11-14)12-15-6-5-7-17(21-3)18(15)19/h5-7,13-14,16,20H,4,8-12H2,1-3H3. The van der Waals surface area contributed by atoms with E-state index in [2.05, 4.69) is 19.2 Å². The molecule has 21 heavy (non-hydrogen) atoms. The number of benzene rings is 1. The van der Waals surface area contributed by atoms with E-state index in [0.717, 1.165) is 24.4 Å². The molecule has 0 amide bonds. The minimum atomic E-state index is -0.202. The van der Waals surface area contributed by atoms with Crippen LogP contribution in [0.4, 0.5) is 4.39 Å². The molecule has 1 unspecified atom stereocenters. The molecule has 1 aliphatic carbocycles. The fourth-order valence-electron chi connectivity index (χ4n) is 3.46. The van der Waals surface area contributed by atoms with Crippen LogP contribution in [0.1, 0.15) is 45.1 Å². The van der Waals surface area contributed by atoms with E-state index in [0.29, 0.717) is 17.7 Å². The predicted molar refractivity (Wildman–Crippen MR) is 85.2 cm³/mol. The summed E-state index contributed by atoms with van der Waals surface area (Å²) in [5, 5.41) is 3.57. The van der Waals surface area contributed by atoms with E-state index in [1.54, 1.807) is 6.07 Å². The molecule has 1 saturated carbocycles. The van der Waals surface area contributed by atoms with Gasteiger partial charge in [0, 0.05) is 6.04 Å². The van der Waals surface area contributed by atoms with Crippen molar-refractivity contribution in [3.63, 3.8) is 0 Å². The molecular weight excluding hydrogens is 265 g/mol. The lowest BCUT2D eigenvalue weighted by atomic mass is 9.77. The van der Waals surface area contributed by atoms with Crippen molar-refractivity contribution >= 4 is 0 Å². The highest BCUT2D eigenvalue weighted by Crippen LogP contribution is 2.32. The van der Waals surface area contributed by atoms with Crippen LogP contribution in [0.25, 0.3) is 0 Å². The molecule has 2 nitrogen and oxygen atoms in total. The average molecular weight is 293 g/mol. The molecule has 0 aromatic heterocycles. The summed E-state index contributed by atoms with van der Waals surface area (Å²) >= 11 is 0. The highest BCUT2D eigenvalue weighted by Gasteiger charge is 2.26. The lowest BCUT2D eigenvalue weighted by Gasteiger charge is -2.33. The second-order valence-electron chi connectivity index (χ2n) is 6.32. The Morgan fingerprint density at radius 1 is 1.29 bits per heavy atom. The van der Waals surface area contributed by atoms with Gasteiger partial charge in [-0.1, -0.05) is 38.8 Å². The van der Waals surface area contributed by atoms with Crippen molar-refractivity contribution < 1.29 is 9.13 Å². The Morgan fingerprint density at radius 2 is 2.00 bits per heavy atom. The SMILES string of the molecule is CCNC(Cc1cccc(OC)c1F)C1CCC(C)CC1. The number of methoxy groups -OCH3 is 1. The van der Waals surface area contributed by atoms with Crippen LogP contribution < -0.4 is 10.1 Å². The number of halogens is 1. The van der Waals surface area contributed by atoms with Crippen molar-refractivity contribution in [2.24, 2.45) is 11.8 Å². The minimum Gasteiger partial charge on any atom is -0.494 e. The van der Waals surface area contributed by atoms with Crippen LogP contribution in [-0.4, -0.2) is 19.7 Å². The first kappa shape index (κ1) is 16.3. The Balaban J connectivity index is 2.09. The van der Waals surface area contributed by atoms with Gasteiger partial charge in [-0.2, -0.15) is 0 Å². The monoisotopic (exact) mass is 293 g/mol. The van der Waals surface area contributed by atoms with E-state index < -0.39 is 0 Å². The molecular formula is C18H28FNO. The molecule has 1 atom stereocenters. The molecule has 1 aliphatic rings. The third-order valence-corrected chi connectivity index (χ3v) is 4.80. The van der Waals surface area contributed by atoms with E-state index in [-0.39, 0.29) is 5.82 Å². The van der Waals surface area contributed by atoms with Crippen molar-refractivity contribution in [2.75, 3.05) is 13.7 Å². The first-order valence-electron chi connectivity index (χ1n) is 8.20. The van der Waals surface area contributed by atoms with Crippen molar-refractivity contribution in [1.82, 2.24) is 5.32 Å². The largest absolute Gasteiger partial charge is 0.494 e. The van der Waals surface area contributed by atoms with Crippen LogP contribution in [0.5, 0.6) is 5.75 Å². The summed E-state index contributed by atoms with van der Waals surface area (Å²) in [7, 11) is 1.52. The molecule has 0 aliphatic heterocycles. The highest BCUT2D eigenvalue weighted by molar-refractivity contribution is 5.31. The first-order chi connectivity index (χ1) is 10.2. The Labute approximate surface area is 128 Å². The summed E-state index contributed by atoms with van der Waals surface area (Å²) in [4.78, 5) is 0. The molecule has 0 bridgehead atoms. The zero-order valence-corrected chi connectivity index (χ0v) is 13.5. The number of hydrogen-bond donors (Lipinski definition) is 1. The number of nitrogens with one attached hydrogen (secondary N) is 1. The van der Waals surface area contributed by atoms with Crippen LogP contribution in [0.3, 0.4) is 0 Å².